The second-order valence-corrected chi connectivity index (χ2v) is 8.73. The first-order valence-corrected chi connectivity index (χ1v) is 11.0. The highest BCUT2D eigenvalue weighted by atomic mass is 32.2. The minimum Gasteiger partial charge on any atom is -0.323 e. The van der Waals surface area contributed by atoms with E-state index >= 15 is 0 Å². The van der Waals surface area contributed by atoms with Gasteiger partial charge in [0.1, 0.15) is 5.82 Å². The molecule has 2 aromatic carbocycles. The maximum atomic E-state index is 13.2. The summed E-state index contributed by atoms with van der Waals surface area (Å²) in [5, 5.41) is 6.37. The average Bonchev–Trinajstić information content (AvgIpc) is 3.28. The Morgan fingerprint density at radius 1 is 1.12 bits per heavy atom. The maximum absolute atomic E-state index is 13.2. The molecular formula is C24H21FN4O3S. The lowest BCUT2D eigenvalue weighted by Gasteiger charge is -2.08. The van der Waals surface area contributed by atoms with Gasteiger partial charge in [-0.3, -0.25) is 24.0 Å². The fraction of sp³-hybridized carbons (Fsp3) is 0.167. The highest BCUT2D eigenvalue weighted by Gasteiger charge is 2.36. The molecule has 1 aliphatic rings. The van der Waals surface area contributed by atoms with Gasteiger partial charge < -0.3 is 5.32 Å². The third-order valence-corrected chi connectivity index (χ3v) is 6.39. The molecule has 7 nitrogen and oxygen atoms in total. The number of imide groups is 1. The summed E-state index contributed by atoms with van der Waals surface area (Å²) < 4.78 is 14.9. The lowest BCUT2D eigenvalue weighted by atomic mass is 10.1. The van der Waals surface area contributed by atoms with E-state index in [0.717, 1.165) is 39.0 Å². The number of rotatable bonds is 6. The number of aromatic nitrogens is 2. The molecule has 2 heterocycles. The highest BCUT2D eigenvalue weighted by Crippen LogP contribution is 2.28. The van der Waals surface area contributed by atoms with Crippen molar-refractivity contribution in [2.24, 2.45) is 7.05 Å². The number of thioether (sulfide) groups is 1. The molecule has 1 fully saturated rings. The molecule has 3 aromatic rings. The maximum Gasteiger partial charge on any atom is 0.288 e. The molecule has 0 bridgehead atoms. The number of benzene rings is 2. The summed E-state index contributed by atoms with van der Waals surface area (Å²) in [6, 6.07) is 13.2. The zero-order valence-corrected chi connectivity index (χ0v) is 18.8. The van der Waals surface area contributed by atoms with E-state index in [-0.39, 0.29) is 22.9 Å². The molecular weight excluding hydrogens is 443 g/mol. The fourth-order valence-corrected chi connectivity index (χ4v) is 4.54. The van der Waals surface area contributed by atoms with Crippen LogP contribution < -0.4 is 5.32 Å². The summed E-state index contributed by atoms with van der Waals surface area (Å²) in [7, 11) is 3.27. The number of hydrogen-bond acceptors (Lipinski definition) is 5. The lowest BCUT2D eigenvalue weighted by molar-refractivity contribution is -0.125. The minimum absolute atomic E-state index is 0.192. The number of nitrogens with one attached hydrogen (secondary N) is 1. The lowest BCUT2D eigenvalue weighted by Crippen LogP contribution is -2.28. The number of anilines is 1. The van der Waals surface area contributed by atoms with Crippen LogP contribution in [0, 0.1) is 5.82 Å². The Morgan fingerprint density at radius 3 is 2.45 bits per heavy atom. The van der Waals surface area contributed by atoms with Crippen molar-refractivity contribution in [3.05, 3.63) is 77.7 Å². The van der Waals surface area contributed by atoms with Crippen molar-refractivity contribution in [3.8, 4) is 11.3 Å². The molecule has 33 heavy (non-hydrogen) atoms. The number of halogens is 1. The Kier molecular flexibility index (Phi) is 6.41. The van der Waals surface area contributed by atoms with Crippen molar-refractivity contribution in [3.63, 3.8) is 0 Å². The molecule has 1 unspecified atom stereocenters. The van der Waals surface area contributed by atoms with Crippen LogP contribution >= 0.6 is 11.8 Å². The van der Waals surface area contributed by atoms with E-state index in [1.807, 2.05) is 12.1 Å². The molecule has 0 saturated carbocycles. The monoisotopic (exact) mass is 464 g/mol. The number of carbonyl (C=O) groups excluding carboxylic acids is 3. The summed E-state index contributed by atoms with van der Waals surface area (Å²) in [4.78, 5) is 37.2. The van der Waals surface area contributed by atoms with Gasteiger partial charge in [-0.25, -0.2) is 4.39 Å². The summed E-state index contributed by atoms with van der Waals surface area (Å²) in [5.74, 6) is -0.828. The molecule has 0 aliphatic carbocycles. The summed E-state index contributed by atoms with van der Waals surface area (Å²) in [6.07, 6.45) is 5.15. The number of amides is 3. The van der Waals surface area contributed by atoms with Crippen LogP contribution in [0.1, 0.15) is 11.1 Å². The highest BCUT2D eigenvalue weighted by molar-refractivity contribution is 8.15. The Bertz CT molecular complexity index is 1240. The van der Waals surface area contributed by atoms with Gasteiger partial charge in [-0.05, 0) is 54.5 Å². The van der Waals surface area contributed by atoms with Crippen LogP contribution in [0.25, 0.3) is 17.3 Å². The molecule has 0 spiro atoms. The van der Waals surface area contributed by atoms with Gasteiger partial charge in [-0.15, -0.1) is 0 Å². The Morgan fingerprint density at radius 2 is 1.82 bits per heavy atom. The van der Waals surface area contributed by atoms with Crippen LogP contribution in [0.15, 0.2) is 60.8 Å². The van der Waals surface area contributed by atoms with Crippen molar-refractivity contribution in [2.75, 3.05) is 12.4 Å². The van der Waals surface area contributed by atoms with Gasteiger partial charge in [0.15, 0.2) is 0 Å². The topological polar surface area (TPSA) is 84.3 Å². The quantitative estimate of drug-likeness (QED) is 0.555. The Balaban J connectivity index is 1.39. The van der Waals surface area contributed by atoms with Crippen LogP contribution in [-0.4, -0.2) is 44.0 Å². The molecule has 1 aromatic heterocycles. The Labute approximate surface area is 194 Å². The van der Waals surface area contributed by atoms with Gasteiger partial charge in [0.25, 0.3) is 5.24 Å². The molecule has 1 saturated heterocycles. The van der Waals surface area contributed by atoms with E-state index in [2.05, 4.69) is 10.4 Å². The standard InChI is InChI=1S/C24H21FN4O3S/c1-28-23(31)20(33-24(28)32)13-15-3-10-19(11-4-15)27-21(30)12-7-17-14-26-29(2)22(17)16-5-8-18(25)9-6-16/h3-12,14,20H,13H2,1-2H3,(H,27,30)/b12-7+. The Hall–Kier alpha value is -3.72. The molecule has 1 atom stereocenters. The third-order valence-electron chi connectivity index (χ3n) is 5.26. The first-order chi connectivity index (χ1) is 15.8. The van der Waals surface area contributed by atoms with Crippen molar-refractivity contribution >= 4 is 40.6 Å². The SMILES string of the molecule is CN1C(=O)SC(Cc2ccc(NC(=O)/C=C/c3cnn(C)c3-c3ccc(F)cc3)cc2)C1=O. The zero-order valence-electron chi connectivity index (χ0n) is 18.0. The number of aryl methyl sites for hydroxylation is 1. The van der Waals surface area contributed by atoms with Crippen LogP contribution in [-0.2, 0) is 23.1 Å². The van der Waals surface area contributed by atoms with Crippen molar-refractivity contribution < 1.29 is 18.8 Å². The van der Waals surface area contributed by atoms with Gasteiger partial charge in [-0.1, -0.05) is 23.9 Å². The van der Waals surface area contributed by atoms with Crippen LogP contribution in [0.2, 0.25) is 0 Å². The van der Waals surface area contributed by atoms with E-state index in [1.165, 1.54) is 25.3 Å². The van der Waals surface area contributed by atoms with Crippen molar-refractivity contribution in [1.82, 2.24) is 14.7 Å². The van der Waals surface area contributed by atoms with Gasteiger partial charge in [0.2, 0.25) is 11.8 Å². The number of nitrogens with zero attached hydrogens (tertiary/aromatic N) is 3. The number of carbonyl (C=O) groups is 3. The summed E-state index contributed by atoms with van der Waals surface area (Å²) in [5.41, 5.74) is 3.80. The fourth-order valence-electron chi connectivity index (χ4n) is 3.51. The summed E-state index contributed by atoms with van der Waals surface area (Å²) >= 11 is 1.03. The zero-order chi connectivity index (χ0) is 23.5. The minimum atomic E-state index is -0.416. The molecule has 9 heteroatoms. The third kappa shape index (κ3) is 5.04. The van der Waals surface area contributed by atoms with Crippen LogP contribution in [0.5, 0.6) is 0 Å². The first kappa shape index (κ1) is 22.5. The predicted octanol–water partition coefficient (Wildman–Crippen LogP) is 4.11. The molecule has 168 valence electrons. The van der Waals surface area contributed by atoms with Gasteiger partial charge >= 0.3 is 0 Å². The first-order valence-electron chi connectivity index (χ1n) is 10.2. The van der Waals surface area contributed by atoms with Crippen molar-refractivity contribution in [1.29, 1.82) is 0 Å². The van der Waals surface area contributed by atoms with Gasteiger partial charge in [0, 0.05) is 37.0 Å². The average molecular weight is 465 g/mol. The van der Waals surface area contributed by atoms with E-state index in [0.29, 0.717) is 12.1 Å². The van der Waals surface area contributed by atoms with Gasteiger partial charge in [-0.2, -0.15) is 5.10 Å². The van der Waals surface area contributed by atoms with Crippen LogP contribution in [0.3, 0.4) is 0 Å². The molecule has 1 aliphatic heterocycles. The molecule has 0 radical (unpaired) electrons. The molecule has 1 N–H and O–H groups in total. The predicted molar refractivity (Wildman–Crippen MR) is 126 cm³/mol. The van der Waals surface area contributed by atoms with E-state index in [9.17, 15) is 18.8 Å². The van der Waals surface area contributed by atoms with Crippen molar-refractivity contribution in [2.45, 2.75) is 11.7 Å². The smallest absolute Gasteiger partial charge is 0.288 e. The van der Waals surface area contributed by atoms with Crippen LogP contribution in [0.4, 0.5) is 14.9 Å². The van der Waals surface area contributed by atoms with E-state index < -0.39 is 5.25 Å². The second-order valence-electron chi connectivity index (χ2n) is 7.57. The second kappa shape index (κ2) is 9.41. The largest absolute Gasteiger partial charge is 0.323 e. The normalized spacial score (nSPS) is 16.1. The summed E-state index contributed by atoms with van der Waals surface area (Å²) in [6.45, 7) is 0. The number of hydrogen-bond donors (Lipinski definition) is 1. The molecule has 3 amide bonds. The van der Waals surface area contributed by atoms with E-state index in [4.69, 9.17) is 0 Å². The van der Waals surface area contributed by atoms with E-state index in [1.54, 1.807) is 48.3 Å². The van der Waals surface area contributed by atoms with Gasteiger partial charge in [0.05, 0.1) is 17.1 Å². The molecule has 4 rings (SSSR count).